The molecule has 0 spiro atoms. The minimum atomic E-state index is 0.678. The van der Waals surface area contributed by atoms with Crippen molar-refractivity contribution < 1.29 is 0 Å². The molecule has 1 heterocycles. The van der Waals surface area contributed by atoms with Gasteiger partial charge in [0.1, 0.15) is 5.82 Å². The summed E-state index contributed by atoms with van der Waals surface area (Å²) in [5.74, 6) is 0.869. The van der Waals surface area contributed by atoms with E-state index in [0.29, 0.717) is 10.7 Å². The van der Waals surface area contributed by atoms with Crippen LogP contribution < -0.4 is 5.73 Å². The van der Waals surface area contributed by atoms with Crippen molar-refractivity contribution in [2.45, 2.75) is 22.6 Å². The maximum Gasteiger partial charge on any atom is 0.174 e. The van der Waals surface area contributed by atoms with Crippen molar-refractivity contribution in [3.8, 4) is 0 Å². The van der Waals surface area contributed by atoms with E-state index in [1.165, 1.54) is 23.3 Å². The van der Waals surface area contributed by atoms with Crippen LogP contribution in [0.15, 0.2) is 27.4 Å². The second-order valence-corrected chi connectivity index (χ2v) is 5.59. The van der Waals surface area contributed by atoms with E-state index in [9.17, 15) is 0 Å². The Labute approximate surface area is 107 Å². The molecule has 6 heteroatoms. The molecular weight excluding hydrogens is 262 g/mol. The van der Waals surface area contributed by atoms with E-state index in [1.54, 1.807) is 12.1 Å². The largest absolute Gasteiger partial charge is 0.398 e. The zero-order valence-electron chi connectivity index (χ0n) is 8.61. The van der Waals surface area contributed by atoms with Crippen LogP contribution in [0, 0.1) is 0 Å². The molecule has 0 atom stereocenters. The lowest BCUT2D eigenvalue weighted by Gasteiger charge is -2.02. The van der Waals surface area contributed by atoms with Gasteiger partial charge in [0, 0.05) is 22.0 Å². The highest BCUT2D eigenvalue weighted by atomic mass is 35.5. The van der Waals surface area contributed by atoms with Crippen LogP contribution in [-0.4, -0.2) is 9.36 Å². The van der Waals surface area contributed by atoms with Gasteiger partial charge in [0.15, 0.2) is 4.34 Å². The second-order valence-electron chi connectivity index (χ2n) is 3.11. The van der Waals surface area contributed by atoms with Crippen LogP contribution in [0.3, 0.4) is 0 Å². The number of anilines is 1. The van der Waals surface area contributed by atoms with Gasteiger partial charge in [-0.25, -0.2) is 4.98 Å². The summed E-state index contributed by atoms with van der Waals surface area (Å²) in [4.78, 5) is 5.29. The van der Waals surface area contributed by atoms with Crippen molar-refractivity contribution in [2.24, 2.45) is 0 Å². The monoisotopic (exact) mass is 271 g/mol. The van der Waals surface area contributed by atoms with E-state index in [1.807, 2.05) is 13.0 Å². The van der Waals surface area contributed by atoms with Gasteiger partial charge in [0.25, 0.3) is 0 Å². The van der Waals surface area contributed by atoms with Gasteiger partial charge in [-0.1, -0.05) is 30.3 Å². The number of hydrogen-bond acceptors (Lipinski definition) is 5. The van der Waals surface area contributed by atoms with Crippen LogP contribution in [0.4, 0.5) is 5.69 Å². The molecule has 0 fully saturated rings. The molecule has 16 heavy (non-hydrogen) atoms. The second kappa shape index (κ2) is 5.03. The minimum absolute atomic E-state index is 0.678. The van der Waals surface area contributed by atoms with Crippen molar-refractivity contribution in [3.63, 3.8) is 0 Å². The van der Waals surface area contributed by atoms with Crippen molar-refractivity contribution >= 4 is 40.6 Å². The fourth-order valence-corrected chi connectivity index (χ4v) is 3.09. The van der Waals surface area contributed by atoms with E-state index >= 15 is 0 Å². The van der Waals surface area contributed by atoms with Crippen LogP contribution in [0.25, 0.3) is 0 Å². The number of aryl methyl sites for hydroxylation is 1. The molecule has 0 saturated carbocycles. The average molecular weight is 272 g/mol. The Kier molecular flexibility index (Phi) is 3.68. The van der Waals surface area contributed by atoms with Gasteiger partial charge in [0.2, 0.25) is 0 Å². The summed E-state index contributed by atoms with van der Waals surface area (Å²) >= 11 is 8.80. The molecule has 1 aromatic carbocycles. The quantitative estimate of drug-likeness (QED) is 0.869. The zero-order chi connectivity index (χ0) is 11.5. The molecule has 0 aliphatic rings. The summed E-state index contributed by atoms with van der Waals surface area (Å²) in [5, 5.41) is 0.678. The molecule has 2 N–H and O–H groups in total. The number of nitrogen functional groups attached to an aromatic ring is 1. The molecule has 3 nitrogen and oxygen atoms in total. The predicted molar refractivity (Wildman–Crippen MR) is 69.3 cm³/mol. The molecule has 0 amide bonds. The van der Waals surface area contributed by atoms with Crippen molar-refractivity contribution in [1.82, 2.24) is 9.36 Å². The molecule has 84 valence electrons. The zero-order valence-corrected chi connectivity index (χ0v) is 11.0. The third-order valence-electron chi connectivity index (χ3n) is 1.94. The fraction of sp³-hybridized carbons (Fsp3) is 0.200. The minimum Gasteiger partial charge on any atom is -0.398 e. The number of rotatable bonds is 3. The van der Waals surface area contributed by atoms with Gasteiger partial charge in [-0.3, -0.25) is 0 Å². The summed E-state index contributed by atoms with van der Waals surface area (Å²) in [7, 11) is 0. The maximum absolute atomic E-state index is 5.91. The molecule has 0 aliphatic carbocycles. The van der Waals surface area contributed by atoms with Crippen LogP contribution in [0.2, 0.25) is 5.02 Å². The van der Waals surface area contributed by atoms with E-state index in [-0.39, 0.29) is 0 Å². The van der Waals surface area contributed by atoms with Crippen LogP contribution in [0.1, 0.15) is 12.7 Å². The Morgan fingerprint density at radius 3 is 3.00 bits per heavy atom. The lowest BCUT2D eigenvalue weighted by atomic mass is 10.3. The number of nitrogens with zero attached hydrogens (tertiary/aromatic N) is 2. The Morgan fingerprint density at radius 1 is 1.50 bits per heavy atom. The van der Waals surface area contributed by atoms with Crippen LogP contribution in [0.5, 0.6) is 0 Å². The number of halogens is 1. The van der Waals surface area contributed by atoms with E-state index < -0.39 is 0 Å². The SMILES string of the molecule is CCc1nsc(Sc2cc(Cl)ccc2N)n1. The number of hydrogen-bond donors (Lipinski definition) is 1. The average Bonchev–Trinajstić information content (AvgIpc) is 2.71. The molecule has 2 aromatic rings. The highest BCUT2D eigenvalue weighted by molar-refractivity contribution is 8.01. The van der Waals surface area contributed by atoms with Gasteiger partial charge in [-0.15, -0.1) is 0 Å². The predicted octanol–water partition coefficient (Wildman–Crippen LogP) is 3.49. The van der Waals surface area contributed by atoms with Crippen molar-refractivity contribution in [3.05, 3.63) is 29.0 Å². The van der Waals surface area contributed by atoms with Gasteiger partial charge < -0.3 is 5.73 Å². The first-order valence-electron chi connectivity index (χ1n) is 4.74. The summed E-state index contributed by atoms with van der Waals surface area (Å²) in [6, 6.07) is 5.42. The number of aromatic nitrogens is 2. The lowest BCUT2D eigenvalue weighted by Crippen LogP contribution is -1.87. The van der Waals surface area contributed by atoms with E-state index in [0.717, 1.165) is 21.5 Å². The summed E-state index contributed by atoms with van der Waals surface area (Å²) in [6.07, 6.45) is 0.849. The fourth-order valence-electron chi connectivity index (χ4n) is 1.11. The summed E-state index contributed by atoms with van der Waals surface area (Å²) in [5.41, 5.74) is 6.56. The summed E-state index contributed by atoms with van der Waals surface area (Å²) in [6.45, 7) is 2.03. The molecule has 0 saturated heterocycles. The number of nitrogens with two attached hydrogens (primary N) is 1. The van der Waals surface area contributed by atoms with Gasteiger partial charge >= 0.3 is 0 Å². The Hall–Kier alpha value is -0.780. The first-order chi connectivity index (χ1) is 7.69. The smallest absolute Gasteiger partial charge is 0.174 e. The lowest BCUT2D eigenvalue weighted by molar-refractivity contribution is 0.971. The molecule has 0 unspecified atom stereocenters. The standard InChI is InChI=1S/C10H10ClN3S2/c1-2-9-13-10(16-14-9)15-8-5-6(11)3-4-7(8)12/h3-5H,2,12H2,1H3. The first kappa shape index (κ1) is 11.7. The molecule has 1 aromatic heterocycles. The third kappa shape index (κ3) is 2.66. The van der Waals surface area contributed by atoms with Gasteiger partial charge in [0.05, 0.1) is 0 Å². The van der Waals surface area contributed by atoms with Crippen LogP contribution in [-0.2, 0) is 6.42 Å². The molecular formula is C10H10ClN3S2. The molecule has 0 radical (unpaired) electrons. The normalized spacial score (nSPS) is 10.6. The molecule has 0 aliphatic heterocycles. The highest BCUT2D eigenvalue weighted by Gasteiger charge is 2.07. The Morgan fingerprint density at radius 2 is 2.31 bits per heavy atom. The highest BCUT2D eigenvalue weighted by Crippen LogP contribution is 2.34. The van der Waals surface area contributed by atoms with Crippen LogP contribution >= 0.6 is 34.9 Å². The van der Waals surface area contributed by atoms with Crippen molar-refractivity contribution in [2.75, 3.05) is 5.73 Å². The Balaban J connectivity index is 2.22. The van der Waals surface area contributed by atoms with E-state index in [2.05, 4.69) is 9.36 Å². The van der Waals surface area contributed by atoms with Gasteiger partial charge in [-0.05, 0) is 29.7 Å². The molecule has 2 rings (SSSR count). The van der Waals surface area contributed by atoms with Crippen molar-refractivity contribution in [1.29, 1.82) is 0 Å². The molecule has 0 bridgehead atoms. The first-order valence-corrected chi connectivity index (χ1v) is 6.71. The van der Waals surface area contributed by atoms with E-state index in [4.69, 9.17) is 17.3 Å². The number of benzene rings is 1. The third-order valence-corrected chi connectivity index (χ3v) is 4.04. The maximum atomic E-state index is 5.91. The Bertz CT molecular complexity index is 499. The topological polar surface area (TPSA) is 51.8 Å². The van der Waals surface area contributed by atoms with Gasteiger partial charge in [-0.2, -0.15) is 4.37 Å². The summed E-state index contributed by atoms with van der Waals surface area (Å²) < 4.78 is 5.11.